The molecule has 0 heterocycles. The molecule has 13 heteroatoms. The van der Waals surface area contributed by atoms with Crippen molar-refractivity contribution in [2.45, 2.75) is 142 Å². The van der Waals surface area contributed by atoms with E-state index in [0.29, 0.717) is 0 Å². The zero-order valence-electron chi connectivity index (χ0n) is 27.1. The van der Waals surface area contributed by atoms with E-state index in [0.717, 1.165) is 89.9 Å². The van der Waals surface area contributed by atoms with Crippen LogP contribution in [-0.4, -0.2) is 65.5 Å². The summed E-state index contributed by atoms with van der Waals surface area (Å²) in [7, 11) is -5.01. The second-order valence-corrected chi connectivity index (χ2v) is 12.3. The van der Waals surface area contributed by atoms with Gasteiger partial charge in [0.1, 0.15) is 10.1 Å². The molecular weight excluding hydrogens is 591 g/mol. The maximum Gasteiger partial charge on any atom is 1.00 e. The van der Waals surface area contributed by atoms with Crippen LogP contribution in [0.1, 0.15) is 137 Å². The van der Waals surface area contributed by atoms with Gasteiger partial charge in [0.2, 0.25) is 0 Å². The van der Waals surface area contributed by atoms with Gasteiger partial charge in [-0.1, -0.05) is 91.9 Å². The molecule has 0 saturated heterocycles. The summed E-state index contributed by atoms with van der Waals surface area (Å²) in [5, 5.41) is 14.6. The van der Waals surface area contributed by atoms with Crippen LogP contribution in [-0.2, 0) is 38.8 Å². The van der Waals surface area contributed by atoms with Crippen molar-refractivity contribution >= 4 is 34.0 Å². The molecule has 0 aliphatic rings. The number of carboxylic acid groups (broad SMARTS) is 2. The average molecular weight is 647 g/mol. The van der Waals surface area contributed by atoms with E-state index in [2.05, 4.69) is 13.8 Å². The number of hydrogen-bond donors (Lipinski definition) is 2. The van der Waals surface area contributed by atoms with E-state index in [9.17, 15) is 32.1 Å². The molecule has 43 heavy (non-hydrogen) atoms. The molecule has 0 bridgehead atoms. The molecular formula is C30H55NaO11S. The SMILES string of the molecule is CCCCC(CC)COC(=O)CC(C(=O)OCC(CC)CCCC)S(=O)(=O)[O-].O=C(O)CCCCCCCCC(=O)O.[Na+]. The van der Waals surface area contributed by atoms with E-state index in [1.807, 2.05) is 13.8 Å². The van der Waals surface area contributed by atoms with E-state index in [4.69, 9.17) is 19.7 Å². The molecule has 0 aliphatic carbocycles. The second-order valence-electron chi connectivity index (χ2n) is 10.7. The molecule has 0 spiro atoms. The summed E-state index contributed by atoms with van der Waals surface area (Å²) in [6, 6.07) is 0. The maximum atomic E-state index is 12.1. The number of hydrogen-bond acceptors (Lipinski definition) is 9. The Morgan fingerprint density at radius 2 is 1.07 bits per heavy atom. The standard InChI is InChI=1S/C20H38O7S.C10H18O4.Na/c1-5-9-11-16(7-3)14-26-19(21)13-18(28(23,24)25)20(22)27-15-17(8-4)12-10-6-2;11-9(12)7-5-3-1-2-4-6-8-10(13)14;/h16-18H,5-15H2,1-4H3,(H,23,24,25);1-8H2,(H,11,12)(H,13,14);/q;;+1/p-1. The third-order valence-electron chi connectivity index (χ3n) is 7.02. The zero-order chi connectivity index (χ0) is 32.4. The van der Waals surface area contributed by atoms with Gasteiger partial charge in [0, 0.05) is 12.8 Å². The Morgan fingerprint density at radius 3 is 1.42 bits per heavy atom. The van der Waals surface area contributed by atoms with Gasteiger partial charge in [-0.15, -0.1) is 0 Å². The molecule has 0 saturated carbocycles. The van der Waals surface area contributed by atoms with Crippen molar-refractivity contribution < 1.29 is 81.4 Å². The second kappa shape index (κ2) is 29.5. The normalized spacial score (nSPS) is 13.0. The van der Waals surface area contributed by atoms with E-state index in [-0.39, 0.29) is 67.4 Å². The van der Waals surface area contributed by atoms with Crippen LogP contribution in [0.5, 0.6) is 0 Å². The monoisotopic (exact) mass is 646 g/mol. The number of rotatable bonds is 25. The summed E-state index contributed by atoms with van der Waals surface area (Å²) in [6.07, 6.45) is 12.4. The van der Waals surface area contributed by atoms with E-state index < -0.39 is 45.7 Å². The molecule has 248 valence electrons. The van der Waals surface area contributed by atoms with Crippen molar-refractivity contribution in [3.8, 4) is 0 Å². The molecule has 11 nitrogen and oxygen atoms in total. The largest absolute Gasteiger partial charge is 1.00 e. The van der Waals surface area contributed by atoms with Crippen LogP contribution >= 0.6 is 0 Å². The Labute approximate surface area is 281 Å². The molecule has 0 radical (unpaired) electrons. The fourth-order valence-electron chi connectivity index (χ4n) is 4.07. The molecule has 0 aromatic carbocycles. The Kier molecular flexibility index (Phi) is 31.7. The Hall–Kier alpha value is -1.21. The van der Waals surface area contributed by atoms with Gasteiger partial charge in [-0.05, 0) is 37.5 Å². The minimum absolute atomic E-state index is 0. The molecule has 0 rings (SSSR count). The fourth-order valence-corrected chi connectivity index (χ4v) is 4.72. The van der Waals surface area contributed by atoms with E-state index >= 15 is 0 Å². The number of carbonyl (C=O) groups is 4. The van der Waals surface area contributed by atoms with Crippen molar-refractivity contribution in [1.29, 1.82) is 0 Å². The van der Waals surface area contributed by atoms with Crippen LogP contribution in [0.2, 0.25) is 0 Å². The smallest absolute Gasteiger partial charge is 0.747 e. The molecule has 0 fully saturated rings. The predicted molar refractivity (Wildman–Crippen MR) is 159 cm³/mol. The Balaban J connectivity index is -0.000000899. The van der Waals surface area contributed by atoms with Gasteiger partial charge in [0.15, 0.2) is 5.25 Å². The van der Waals surface area contributed by atoms with Crippen molar-refractivity contribution in [3.63, 3.8) is 0 Å². The summed E-state index contributed by atoms with van der Waals surface area (Å²) in [5.74, 6) is -3.22. The third kappa shape index (κ3) is 29.3. The van der Waals surface area contributed by atoms with Crippen molar-refractivity contribution in [3.05, 3.63) is 0 Å². The van der Waals surface area contributed by atoms with Crippen LogP contribution in [0.25, 0.3) is 0 Å². The molecule has 0 aromatic heterocycles. The van der Waals surface area contributed by atoms with E-state index in [1.54, 1.807) is 0 Å². The number of ether oxygens (including phenoxy) is 2. The van der Waals surface area contributed by atoms with Crippen LogP contribution in [0.15, 0.2) is 0 Å². The Bertz CT molecular complexity index is 829. The average Bonchev–Trinajstić information content (AvgIpc) is 2.92. The molecule has 3 unspecified atom stereocenters. The van der Waals surface area contributed by atoms with Gasteiger partial charge in [0.05, 0.1) is 19.6 Å². The van der Waals surface area contributed by atoms with Gasteiger partial charge in [-0.2, -0.15) is 0 Å². The minimum atomic E-state index is -5.01. The van der Waals surface area contributed by atoms with Crippen LogP contribution in [0.4, 0.5) is 0 Å². The van der Waals surface area contributed by atoms with Gasteiger partial charge in [-0.3, -0.25) is 19.2 Å². The third-order valence-corrected chi connectivity index (χ3v) is 8.08. The maximum absolute atomic E-state index is 12.1. The fraction of sp³-hybridized carbons (Fsp3) is 0.867. The number of aliphatic carboxylic acids is 2. The number of carboxylic acids is 2. The molecule has 3 atom stereocenters. The number of unbranched alkanes of at least 4 members (excludes halogenated alkanes) is 7. The van der Waals surface area contributed by atoms with Gasteiger partial charge < -0.3 is 24.2 Å². The van der Waals surface area contributed by atoms with Gasteiger partial charge in [-0.25, -0.2) is 8.42 Å². The summed E-state index contributed by atoms with van der Waals surface area (Å²) in [4.78, 5) is 44.4. The molecule has 2 N–H and O–H groups in total. The minimum Gasteiger partial charge on any atom is -0.747 e. The van der Waals surface area contributed by atoms with Crippen LogP contribution in [0, 0.1) is 11.8 Å². The zero-order valence-corrected chi connectivity index (χ0v) is 30.0. The summed E-state index contributed by atoms with van der Waals surface area (Å²) in [5.41, 5.74) is 0. The van der Waals surface area contributed by atoms with Crippen LogP contribution in [0.3, 0.4) is 0 Å². The van der Waals surface area contributed by atoms with Gasteiger partial charge >= 0.3 is 53.4 Å². The first-order valence-electron chi connectivity index (χ1n) is 15.5. The van der Waals surface area contributed by atoms with Crippen molar-refractivity contribution in [2.75, 3.05) is 13.2 Å². The first-order valence-corrected chi connectivity index (χ1v) is 17.0. The van der Waals surface area contributed by atoms with Crippen molar-refractivity contribution in [1.82, 2.24) is 0 Å². The van der Waals surface area contributed by atoms with Crippen LogP contribution < -0.4 is 29.6 Å². The van der Waals surface area contributed by atoms with Gasteiger partial charge in [0.25, 0.3) is 0 Å². The summed E-state index contributed by atoms with van der Waals surface area (Å²) < 4.78 is 44.6. The molecule has 0 aromatic rings. The van der Waals surface area contributed by atoms with Crippen molar-refractivity contribution in [2.24, 2.45) is 11.8 Å². The predicted octanol–water partition coefficient (Wildman–Crippen LogP) is 3.09. The quantitative estimate of drug-likeness (QED) is 0.0643. The Morgan fingerprint density at radius 1 is 0.674 bits per heavy atom. The van der Waals surface area contributed by atoms with E-state index in [1.165, 1.54) is 0 Å². The number of carbonyl (C=O) groups excluding carboxylic acids is 2. The molecule has 0 aliphatic heterocycles. The first kappa shape index (κ1) is 46.2. The first-order chi connectivity index (χ1) is 19.8. The molecule has 0 amide bonds. The summed E-state index contributed by atoms with van der Waals surface area (Å²) in [6.45, 7) is 8.26. The number of esters is 2. The topological polar surface area (TPSA) is 184 Å². The summed E-state index contributed by atoms with van der Waals surface area (Å²) >= 11 is 0.